The van der Waals surface area contributed by atoms with Gasteiger partial charge in [0.1, 0.15) is 0 Å². The molecular weight excluding hydrogens is 216 g/mol. The molecule has 0 aromatic carbocycles. The van der Waals surface area contributed by atoms with Crippen molar-refractivity contribution in [2.24, 2.45) is 0 Å². The van der Waals surface area contributed by atoms with Crippen molar-refractivity contribution in [2.45, 2.75) is 58.4 Å². The first kappa shape index (κ1) is 12.5. The third-order valence-corrected chi connectivity index (χ3v) is 3.03. The van der Waals surface area contributed by atoms with Crippen molar-refractivity contribution >= 4 is 0 Å². The molecule has 1 aromatic heterocycles. The van der Waals surface area contributed by atoms with Crippen LogP contribution in [0.15, 0.2) is 6.20 Å². The smallest absolute Gasteiger partial charge is 0.0964 e. The van der Waals surface area contributed by atoms with Gasteiger partial charge in [0.05, 0.1) is 24.4 Å². The molecule has 5 nitrogen and oxygen atoms in total. The minimum Gasteiger partial charge on any atom is -0.373 e. The lowest BCUT2D eigenvalue weighted by Crippen LogP contribution is -2.17. The Morgan fingerprint density at radius 2 is 2.41 bits per heavy atom. The van der Waals surface area contributed by atoms with Crippen molar-refractivity contribution in [1.82, 2.24) is 20.3 Å². The van der Waals surface area contributed by atoms with Crippen LogP contribution in [0.4, 0.5) is 0 Å². The molecule has 0 spiro atoms. The zero-order valence-corrected chi connectivity index (χ0v) is 10.7. The summed E-state index contributed by atoms with van der Waals surface area (Å²) in [5, 5.41) is 11.6. The molecule has 1 aromatic rings. The summed E-state index contributed by atoms with van der Waals surface area (Å²) in [4.78, 5) is 0. The zero-order valence-electron chi connectivity index (χ0n) is 10.7. The molecule has 17 heavy (non-hydrogen) atoms. The van der Waals surface area contributed by atoms with Crippen molar-refractivity contribution in [3.05, 3.63) is 11.9 Å². The average Bonchev–Trinajstić information content (AvgIpc) is 2.90. The quantitative estimate of drug-likeness (QED) is 0.760. The third-order valence-electron chi connectivity index (χ3n) is 3.03. The van der Waals surface area contributed by atoms with Gasteiger partial charge in [-0.15, -0.1) is 5.10 Å². The number of hydrogen-bond donors (Lipinski definition) is 1. The van der Waals surface area contributed by atoms with Gasteiger partial charge in [0.15, 0.2) is 0 Å². The standard InChI is InChI=1S/C12H22N4O/c1-3-6-13-7-11-8-16(15-14-11)9-12-5-4-10(2)17-12/h8,10,12-13H,3-7,9H2,1-2H3. The van der Waals surface area contributed by atoms with E-state index in [9.17, 15) is 0 Å². The van der Waals surface area contributed by atoms with Crippen LogP contribution in [0.5, 0.6) is 0 Å². The molecular formula is C12H22N4O. The summed E-state index contributed by atoms with van der Waals surface area (Å²) in [6.45, 7) is 6.93. The van der Waals surface area contributed by atoms with Gasteiger partial charge >= 0.3 is 0 Å². The van der Waals surface area contributed by atoms with Crippen LogP contribution < -0.4 is 5.32 Å². The predicted octanol–water partition coefficient (Wildman–Crippen LogP) is 1.35. The van der Waals surface area contributed by atoms with Gasteiger partial charge in [-0.1, -0.05) is 12.1 Å². The Hall–Kier alpha value is -0.940. The molecule has 1 aliphatic rings. The molecule has 5 heteroatoms. The Bertz CT molecular complexity index is 339. The predicted molar refractivity (Wildman–Crippen MR) is 65.6 cm³/mol. The average molecular weight is 238 g/mol. The molecule has 0 amide bonds. The van der Waals surface area contributed by atoms with Crippen molar-refractivity contribution in [1.29, 1.82) is 0 Å². The SMILES string of the molecule is CCCNCc1cn(CC2CCC(C)O2)nn1. The first-order chi connectivity index (χ1) is 8.28. The minimum atomic E-state index is 0.308. The van der Waals surface area contributed by atoms with Crippen LogP contribution in [-0.2, 0) is 17.8 Å². The minimum absolute atomic E-state index is 0.308. The molecule has 2 heterocycles. The van der Waals surface area contributed by atoms with E-state index < -0.39 is 0 Å². The molecule has 1 saturated heterocycles. The second-order valence-electron chi connectivity index (χ2n) is 4.75. The van der Waals surface area contributed by atoms with Crippen LogP contribution in [0.2, 0.25) is 0 Å². The molecule has 0 bridgehead atoms. The fourth-order valence-electron chi connectivity index (χ4n) is 2.13. The molecule has 0 radical (unpaired) electrons. The van der Waals surface area contributed by atoms with E-state index in [1.54, 1.807) is 0 Å². The van der Waals surface area contributed by atoms with Crippen molar-refractivity contribution in [2.75, 3.05) is 6.54 Å². The lowest BCUT2D eigenvalue weighted by Gasteiger charge is -2.09. The normalized spacial score (nSPS) is 24.4. The van der Waals surface area contributed by atoms with Crippen LogP contribution >= 0.6 is 0 Å². The molecule has 1 aliphatic heterocycles. The number of aromatic nitrogens is 3. The maximum absolute atomic E-state index is 5.77. The van der Waals surface area contributed by atoms with E-state index in [1.807, 2.05) is 10.9 Å². The highest BCUT2D eigenvalue weighted by atomic mass is 16.5. The second kappa shape index (κ2) is 6.12. The van der Waals surface area contributed by atoms with Gasteiger partial charge in [-0.2, -0.15) is 0 Å². The van der Waals surface area contributed by atoms with Gasteiger partial charge in [-0.05, 0) is 32.7 Å². The van der Waals surface area contributed by atoms with Crippen molar-refractivity contribution in [3.63, 3.8) is 0 Å². The van der Waals surface area contributed by atoms with E-state index in [0.717, 1.165) is 44.6 Å². The summed E-state index contributed by atoms with van der Waals surface area (Å²) in [5.41, 5.74) is 1.00. The lowest BCUT2D eigenvalue weighted by atomic mass is 10.2. The van der Waals surface area contributed by atoms with Gasteiger partial charge < -0.3 is 10.1 Å². The van der Waals surface area contributed by atoms with Gasteiger partial charge in [-0.3, -0.25) is 0 Å². The molecule has 2 unspecified atom stereocenters. The van der Waals surface area contributed by atoms with Crippen LogP contribution in [0.25, 0.3) is 0 Å². The number of hydrogen-bond acceptors (Lipinski definition) is 4. The zero-order chi connectivity index (χ0) is 12.1. The molecule has 2 atom stereocenters. The highest BCUT2D eigenvalue weighted by Crippen LogP contribution is 2.19. The topological polar surface area (TPSA) is 52.0 Å². The monoisotopic (exact) mass is 238 g/mol. The number of rotatable bonds is 6. The Morgan fingerprint density at radius 3 is 3.12 bits per heavy atom. The van der Waals surface area contributed by atoms with Crippen LogP contribution in [0.3, 0.4) is 0 Å². The van der Waals surface area contributed by atoms with E-state index in [1.165, 1.54) is 0 Å². The van der Waals surface area contributed by atoms with E-state index in [2.05, 4.69) is 29.5 Å². The Kier molecular flexibility index (Phi) is 4.50. The number of ether oxygens (including phenoxy) is 1. The third kappa shape index (κ3) is 3.78. The van der Waals surface area contributed by atoms with E-state index in [-0.39, 0.29) is 0 Å². The second-order valence-corrected chi connectivity index (χ2v) is 4.75. The van der Waals surface area contributed by atoms with Gasteiger partial charge in [0.2, 0.25) is 0 Å². The van der Waals surface area contributed by atoms with Crippen LogP contribution in [0, 0.1) is 0 Å². The molecule has 0 saturated carbocycles. The van der Waals surface area contributed by atoms with E-state index >= 15 is 0 Å². The first-order valence-electron chi connectivity index (χ1n) is 6.53. The molecule has 1 fully saturated rings. The van der Waals surface area contributed by atoms with Gasteiger partial charge in [0, 0.05) is 12.7 Å². The number of nitrogens with one attached hydrogen (secondary N) is 1. The first-order valence-corrected chi connectivity index (χ1v) is 6.53. The van der Waals surface area contributed by atoms with Gasteiger partial charge in [-0.25, -0.2) is 4.68 Å². The Labute approximate surface area is 103 Å². The Morgan fingerprint density at radius 1 is 1.53 bits per heavy atom. The van der Waals surface area contributed by atoms with Crippen LogP contribution in [-0.4, -0.2) is 33.7 Å². The summed E-state index contributed by atoms with van der Waals surface area (Å²) in [6, 6.07) is 0. The molecule has 96 valence electrons. The maximum Gasteiger partial charge on any atom is 0.0964 e. The Balaban J connectivity index is 1.77. The fourth-order valence-corrected chi connectivity index (χ4v) is 2.13. The summed E-state index contributed by atoms with van der Waals surface area (Å²) in [5.74, 6) is 0. The molecule has 0 aliphatic carbocycles. The highest BCUT2D eigenvalue weighted by Gasteiger charge is 2.22. The van der Waals surface area contributed by atoms with E-state index in [4.69, 9.17) is 4.74 Å². The van der Waals surface area contributed by atoms with Crippen molar-refractivity contribution in [3.8, 4) is 0 Å². The maximum atomic E-state index is 5.77. The van der Waals surface area contributed by atoms with Crippen LogP contribution in [0.1, 0.15) is 38.8 Å². The molecule has 1 N–H and O–H groups in total. The lowest BCUT2D eigenvalue weighted by molar-refractivity contribution is 0.0434. The van der Waals surface area contributed by atoms with Crippen molar-refractivity contribution < 1.29 is 4.74 Å². The highest BCUT2D eigenvalue weighted by molar-refractivity contribution is 4.91. The summed E-state index contributed by atoms with van der Waals surface area (Å²) >= 11 is 0. The van der Waals surface area contributed by atoms with Gasteiger partial charge in [0.25, 0.3) is 0 Å². The largest absolute Gasteiger partial charge is 0.373 e. The molecule has 2 rings (SSSR count). The fraction of sp³-hybridized carbons (Fsp3) is 0.833. The number of nitrogens with zero attached hydrogens (tertiary/aromatic N) is 3. The van der Waals surface area contributed by atoms with E-state index in [0.29, 0.717) is 12.2 Å². The summed E-state index contributed by atoms with van der Waals surface area (Å²) in [6.07, 6.45) is 6.14. The summed E-state index contributed by atoms with van der Waals surface area (Å²) < 4.78 is 7.66. The summed E-state index contributed by atoms with van der Waals surface area (Å²) in [7, 11) is 0.